The summed E-state index contributed by atoms with van der Waals surface area (Å²) in [6.07, 6.45) is -4.85. The number of alkyl halides is 3. The van der Waals surface area contributed by atoms with Gasteiger partial charge in [0.1, 0.15) is 24.2 Å². The fraction of sp³-hybridized carbons (Fsp3) is 0.273. The molecule has 0 radical (unpaired) electrons. The van der Waals surface area contributed by atoms with E-state index in [-0.39, 0.29) is 6.42 Å². The van der Waals surface area contributed by atoms with Crippen molar-refractivity contribution in [2.75, 3.05) is 13.7 Å². The van der Waals surface area contributed by atoms with Crippen LogP contribution in [-0.2, 0) is 4.79 Å². The van der Waals surface area contributed by atoms with Crippen LogP contribution in [0.1, 0.15) is 35.2 Å². The number of hydrogen-bond acceptors (Lipinski definition) is 5. The van der Waals surface area contributed by atoms with Crippen molar-refractivity contribution >= 4 is 23.2 Å². The molecule has 0 saturated carbocycles. The monoisotopic (exact) mass is 477 g/mol. The second-order valence-electron chi connectivity index (χ2n) is 7.42. The van der Waals surface area contributed by atoms with E-state index in [0.29, 0.717) is 44.9 Å². The van der Waals surface area contributed by atoms with Crippen LogP contribution in [0, 0.1) is 6.92 Å². The highest BCUT2D eigenvalue weighted by Crippen LogP contribution is 2.34. The first-order valence-corrected chi connectivity index (χ1v) is 10.3. The molecule has 33 heavy (non-hydrogen) atoms. The molecule has 2 heterocycles. The van der Waals surface area contributed by atoms with Gasteiger partial charge < -0.3 is 10.1 Å². The molecule has 1 aliphatic rings. The van der Waals surface area contributed by atoms with E-state index in [1.165, 1.54) is 0 Å². The number of carbonyl (C=O) groups is 1. The molecule has 7 nitrogen and oxygen atoms in total. The Morgan fingerprint density at radius 2 is 1.91 bits per heavy atom. The Bertz CT molecular complexity index is 1220. The van der Waals surface area contributed by atoms with E-state index in [2.05, 4.69) is 10.2 Å². The minimum Gasteiger partial charge on any atom is -0.497 e. The van der Waals surface area contributed by atoms with Crippen molar-refractivity contribution in [3.8, 4) is 11.4 Å². The molecule has 1 aliphatic heterocycles. The van der Waals surface area contributed by atoms with Crippen LogP contribution in [0.5, 0.6) is 5.75 Å². The van der Waals surface area contributed by atoms with Crippen LogP contribution in [-0.4, -0.2) is 46.2 Å². The fourth-order valence-electron chi connectivity index (χ4n) is 3.62. The number of aryl methyl sites for hydroxylation is 1. The van der Waals surface area contributed by atoms with E-state index in [1.807, 2.05) is 11.4 Å². The molecule has 0 fully saturated rings. The standard InChI is InChI=1S/C22H19ClF3N5O2/c1-12-29-30-21-17(10-19(32)27-11-22(24,25)26)28-20(13-3-5-14(23)6-4-13)16-9-15(33-2)7-8-18(16)31(12)21/h3-9,17H,10-11H2,1-2H3,(H,27,32). The minimum absolute atomic E-state index is 0.337. The summed E-state index contributed by atoms with van der Waals surface area (Å²) < 4.78 is 44.9. The van der Waals surface area contributed by atoms with Crippen LogP contribution in [0.4, 0.5) is 13.2 Å². The van der Waals surface area contributed by atoms with Crippen molar-refractivity contribution < 1.29 is 22.7 Å². The normalized spacial score (nSPS) is 15.2. The lowest BCUT2D eigenvalue weighted by atomic mass is 10.00. The van der Waals surface area contributed by atoms with Crippen LogP contribution in [0.3, 0.4) is 0 Å². The molecule has 1 aromatic heterocycles. The smallest absolute Gasteiger partial charge is 0.405 e. The quantitative estimate of drug-likeness (QED) is 0.597. The summed E-state index contributed by atoms with van der Waals surface area (Å²) in [6, 6.07) is 11.5. The van der Waals surface area contributed by atoms with Crippen molar-refractivity contribution in [3.63, 3.8) is 0 Å². The van der Waals surface area contributed by atoms with Gasteiger partial charge in [0.2, 0.25) is 5.91 Å². The molecule has 11 heteroatoms. The lowest BCUT2D eigenvalue weighted by molar-refractivity contribution is -0.138. The van der Waals surface area contributed by atoms with Gasteiger partial charge in [0.15, 0.2) is 5.82 Å². The van der Waals surface area contributed by atoms with Crippen molar-refractivity contribution in [1.29, 1.82) is 0 Å². The molecule has 0 bridgehead atoms. The summed E-state index contributed by atoms with van der Waals surface area (Å²) in [5.74, 6) is 0.686. The highest BCUT2D eigenvalue weighted by molar-refractivity contribution is 6.30. The zero-order valence-electron chi connectivity index (χ0n) is 17.7. The number of fused-ring (bicyclic) bond motifs is 3. The van der Waals surface area contributed by atoms with Gasteiger partial charge >= 0.3 is 6.18 Å². The van der Waals surface area contributed by atoms with Crippen molar-refractivity contribution in [1.82, 2.24) is 20.1 Å². The molecule has 172 valence electrons. The molecule has 3 aromatic rings. The number of carbonyl (C=O) groups excluding carboxylic acids is 1. The van der Waals surface area contributed by atoms with E-state index in [0.717, 1.165) is 0 Å². The average molecular weight is 478 g/mol. The number of amides is 1. The van der Waals surface area contributed by atoms with Crippen molar-refractivity contribution in [2.24, 2.45) is 4.99 Å². The number of aliphatic imine (C=N–C) groups is 1. The number of methoxy groups -OCH3 is 1. The minimum atomic E-state index is -4.51. The fourth-order valence-corrected chi connectivity index (χ4v) is 3.75. The molecule has 1 atom stereocenters. The number of nitrogens with one attached hydrogen (secondary N) is 1. The lowest BCUT2D eigenvalue weighted by Gasteiger charge is -2.14. The number of benzene rings is 2. The Morgan fingerprint density at radius 1 is 1.18 bits per heavy atom. The third-order valence-corrected chi connectivity index (χ3v) is 5.37. The van der Waals surface area contributed by atoms with Gasteiger partial charge in [-0.25, -0.2) is 0 Å². The van der Waals surface area contributed by atoms with Gasteiger partial charge in [-0.3, -0.25) is 14.4 Å². The SMILES string of the molecule is COc1ccc2c(c1)C(c1ccc(Cl)cc1)=NC(CC(=O)NCC(F)(F)F)c1nnc(C)n1-2. The summed E-state index contributed by atoms with van der Waals surface area (Å²) in [5, 5.41) is 10.7. The summed E-state index contributed by atoms with van der Waals surface area (Å²) >= 11 is 6.05. The Balaban J connectivity index is 1.85. The second kappa shape index (κ2) is 8.86. The van der Waals surface area contributed by atoms with E-state index in [1.54, 1.807) is 55.0 Å². The molecular formula is C22H19ClF3N5O2. The van der Waals surface area contributed by atoms with Gasteiger partial charge in [-0.2, -0.15) is 13.2 Å². The van der Waals surface area contributed by atoms with Gasteiger partial charge in [0.05, 0.1) is 24.9 Å². The summed E-state index contributed by atoms with van der Waals surface area (Å²) in [5.41, 5.74) is 2.64. The molecule has 4 rings (SSSR count). The number of aromatic nitrogens is 3. The Kier molecular flexibility index (Phi) is 6.11. The maximum atomic E-state index is 12.6. The maximum absolute atomic E-state index is 12.6. The molecule has 0 saturated heterocycles. The number of ether oxygens (including phenoxy) is 1. The molecule has 2 aromatic carbocycles. The van der Waals surface area contributed by atoms with Gasteiger partial charge in [-0.15, -0.1) is 10.2 Å². The molecule has 1 amide bonds. The second-order valence-corrected chi connectivity index (χ2v) is 7.86. The predicted molar refractivity (Wildman–Crippen MR) is 116 cm³/mol. The number of rotatable bonds is 5. The Morgan fingerprint density at radius 3 is 2.58 bits per heavy atom. The van der Waals surface area contributed by atoms with Crippen LogP contribution in [0.25, 0.3) is 5.69 Å². The van der Waals surface area contributed by atoms with Crippen LogP contribution >= 0.6 is 11.6 Å². The first-order chi connectivity index (χ1) is 15.7. The third-order valence-electron chi connectivity index (χ3n) is 5.12. The van der Waals surface area contributed by atoms with Crippen LogP contribution in [0.2, 0.25) is 5.02 Å². The van der Waals surface area contributed by atoms with Crippen molar-refractivity contribution in [3.05, 3.63) is 70.3 Å². The largest absolute Gasteiger partial charge is 0.497 e. The Labute approximate surface area is 192 Å². The lowest BCUT2D eigenvalue weighted by Crippen LogP contribution is -2.34. The number of halogens is 4. The van der Waals surface area contributed by atoms with E-state index in [4.69, 9.17) is 21.3 Å². The predicted octanol–water partition coefficient (Wildman–Crippen LogP) is 4.20. The first-order valence-electron chi connectivity index (χ1n) is 9.94. The Hall–Kier alpha value is -3.40. The van der Waals surface area contributed by atoms with Crippen molar-refractivity contribution in [2.45, 2.75) is 25.6 Å². The molecule has 1 N–H and O–H groups in total. The van der Waals surface area contributed by atoms with E-state index in [9.17, 15) is 18.0 Å². The molecule has 0 aliphatic carbocycles. The maximum Gasteiger partial charge on any atom is 0.405 e. The highest BCUT2D eigenvalue weighted by Gasteiger charge is 2.32. The number of nitrogens with zero attached hydrogens (tertiary/aromatic N) is 4. The zero-order valence-corrected chi connectivity index (χ0v) is 18.4. The summed E-state index contributed by atoms with van der Waals surface area (Å²) in [6.45, 7) is 0.327. The zero-order chi connectivity index (χ0) is 23.8. The van der Waals surface area contributed by atoms with Gasteiger partial charge in [0, 0.05) is 16.1 Å². The van der Waals surface area contributed by atoms with E-state index < -0.39 is 24.7 Å². The molecule has 1 unspecified atom stereocenters. The van der Waals surface area contributed by atoms with E-state index >= 15 is 0 Å². The molecular weight excluding hydrogens is 459 g/mol. The summed E-state index contributed by atoms with van der Waals surface area (Å²) in [7, 11) is 1.54. The highest BCUT2D eigenvalue weighted by atomic mass is 35.5. The van der Waals surface area contributed by atoms with Crippen LogP contribution in [0.15, 0.2) is 47.5 Å². The average Bonchev–Trinajstić information content (AvgIpc) is 3.10. The summed E-state index contributed by atoms with van der Waals surface area (Å²) in [4.78, 5) is 17.2. The third kappa shape index (κ3) is 4.85. The topological polar surface area (TPSA) is 81.4 Å². The van der Waals surface area contributed by atoms with Gasteiger partial charge in [-0.1, -0.05) is 23.7 Å². The van der Waals surface area contributed by atoms with Gasteiger partial charge in [0.25, 0.3) is 0 Å². The molecule has 0 spiro atoms. The van der Waals surface area contributed by atoms with Gasteiger partial charge in [-0.05, 0) is 37.3 Å². The first kappa shape index (κ1) is 22.8. The van der Waals surface area contributed by atoms with Crippen LogP contribution < -0.4 is 10.1 Å². The number of hydrogen-bond donors (Lipinski definition) is 1.